The number of thiophene rings is 1. The fourth-order valence-corrected chi connectivity index (χ4v) is 3.62. The Morgan fingerprint density at radius 2 is 2.15 bits per heavy atom. The van der Waals surface area contributed by atoms with Crippen molar-refractivity contribution in [2.75, 3.05) is 30.4 Å². The highest BCUT2D eigenvalue weighted by Crippen LogP contribution is 2.24. The molecule has 1 fully saturated rings. The molecule has 8 heteroatoms. The quantitative estimate of drug-likeness (QED) is 0.745. The third-order valence-electron chi connectivity index (χ3n) is 4.34. The topological polar surface area (TPSA) is 87.7 Å². The molecule has 0 unspecified atom stereocenters. The number of carbonyl (C=O) groups is 3. The van der Waals surface area contributed by atoms with Gasteiger partial charge in [-0.3, -0.25) is 14.4 Å². The number of ether oxygens (including phenoxy) is 1. The molecule has 0 spiro atoms. The summed E-state index contributed by atoms with van der Waals surface area (Å²) in [6.07, 6.45) is 1.05. The summed E-state index contributed by atoms with van der Waals surface area (Å²) in [6.45, 7) is 0.861. The van der Waals surface area contributed by atoms with Crippen molar-refractivity contribution in [2.24, 2.45) is 0 Å². The summed E-state index contributed by atoms with van der Waals surface area (Å²) in [5, 5.41) is 9.01. The largest absolute Gasteiger partial charge is 0.375 e. The van der Waals surface area contributed by atoms with Gasteiger partial charge in [0.1, 0.15) is 6.10 Å². The molecule has 142 valence electrons. The number of amides is 3. The van der Waals surface area contributed by atoms with E-state index in [0.717, 1.165) is 12.0 Å². The summed E-state index contributed by atoms with van der Waals surface area (Å²) >= 11 is 1.54. The van der Waals surface area contributed by atoms with Crippen LogP contribution in [-0.4, -0.2) is 37.9 Å². The number of rotatable bonds is 6. The van der Waals surface area contributed by atoms with Gasteiger partial charge in [0.05, 0.1) is 0 Å². The molecule has 1 atom stereocenters. The number of carbonyl (C=O) groups excluding carboxylic acids is 3. The van der Waals surface area contributed by atoms with Gasteiger partial charge in [-0.1, -0.05) is 6.07 Å². The van der Waals surface area contributed by atoms with E-state index in [1.807, 2.05) is 22.9 Å². The average molecular weight is 387 g/mol. The van der Waals surface area contributed by atoms with Crippen LogP contribution in [-0.2, 0) is 19.1 Å². The Morgan fingerprint density at radius 3 is 2.81 bits per heavy atom. The van der Waals surface area contributed by atoms with Crippen LogP contribution in [0.5, 0.6) is 0 Å². The summed E-state index contributed by atoms with van der Waals surface area (Å²) in [5.41, 5.74) is 2.13. The predicted molar refractivity (Wildman–Crippen MR) is 104 cm³/mol. The van der Waals surface area contributed by atoms with Crippen molar-refractivity contribution in [1.29, 1.82) is 0 Å². The first-order chi connectivity index (χ1) is 13.1. The lowest BCUT2D eigenvalue weighted by atomic mass is 10.2. The molecule has 0 saturated carbocycles. The summed E-state index contributed by atoms with van der Waals surface area (Å²) in [5.74, 6) is -1.44. The second-order valence-corrected chi connectivity index (χ2v) is 6.92. The molecule has 1 saturated heterocycles. The average Bonchev–Trinajstić information content (AvgIpc) is 3.34. The van der Waals surface area contributed by atoms with Crippen LogP contribution < -0.4 is 15.5 Å². The van der Waals surface area contributed by atoms with E-state index < -0.39 is 11.8 Å². The van der Waals surface area contributed by atoms with Crippen LogP contribution in [0.2, 0.25) is 0 Å². The van der Waals surface area contributed by atoms with Gasteiger partial charge in [0.25, 0.3) is 0 Å². The molecule has 0 radical (unpaired) electrons. The molecule has 2 heterocycles. The van der Waals surface area contributed by atoms with Crippen molar-refractivity contribution >= 4 is 40.4 Å². The van der Waals surface area contributed by atoms with Gasteiger partial charge in [-0.2, -0.15) is 11.3 Å². The second kappa shape index (κ2) is 8.79. The van der Waals surface area contributed by atoms with E-state index in [4.69, 9.17) is 4.74 Å². The maximum atomic E-state index is 12.2. The molecular formula is C19H21N3O4S. The summed E-state index contributed by atoms with van der Waals surface area (Å²) < 4.78 is 5.35. The van der Waals surface area contributed by atoms with Crippen LogP contribution in [0.4, 0.5) is 11.4 Å². The van der Waals surface area contributed by atoms with Crippen molar-refractivity contribution in [2.45, 2.75) is 18.9 Å². The van der Waals surface area contributed by atoms with Crippen LogP contribution in [0, 0.1) is 0 Å². The lowest BCUT2D eigenvalue weighted by molar-refractivity contribution is -0.136. The Labute approximate surface area is 161 Å². The maximum absolute atomic E-state index is 12.2. The molecule has 1 aliphatic rings. The monoisotopic (exact) mass is 387 g/mol. The van der Waals surface area contributed by atoms with E-state index >= 15 is 0 Å². The zero-order valence-electron chi connectivity index (χ0n) is 14.9. The first-order valence-electron chi connectivity index (χ1n) is 8.63. The van der Waals surface area contributed by atoms with E-state index in [-0.39, 0.29) is 18.6 Å². The van der Waals surface area contributed by atoms with Crippen LogP contribution in [0.25, 0.3) is 0 Å². The van der Waals surface area contributed by atoms with Crippen molar-refractivity contribution in [1.82, 2.24) is 5.32 Å². The molecule has 7 nitrogen and oxygen atoms in total. The third kappa shape index (κ3) is 4.72. The van der Waals surface area contributed by atoms with Crippen molar-refractivity contribution in [3.63, 3.8) is 0 Å². The minimum absolute atomic E-state index is 0.0651. The van der Waals surface area contributed by atoms with Gasteiger partial charge in [-0.15, -0.1) is 0 Å². The van der Waals surface area contributed by atoms with Crippen molar-refractivity contribution in [3.05, 3.63) is 46.7 Å². The van der Waals surface area contributed by atoms with Crippen LogP contribution in [0.15, 0.2) is 41.1 Å². The highest BCUT2D eigenvalue weighted by atomic mass is 32.1. The lowest BCUT2D eigenvalue weighted by Crippen LogP contribution is -2.38. The zero-order chi connectivity index (χ0) is 19.2. The molecule has 1 aromatic heterocycles. The van der Waals surface area contributed by atoms with Crippen LogP contribution in [0.1, 0.15) is 24.5 Å². The van der Waals surface area contributed by atoms with Gasteiger partial charge in [0, 0.05) is 38.0 Å². The van der Waals surface area contributed by atoms with Gasteiger partial charge in [0.2, 0.25) is 5.91 Å². The Bertz CT molecular complexity index is 822. The fourth-order valence-electron chi connectivity index (χ4n) is 2.92. The highest BCUT2D eigenvalue weighted by Gasteiger charge is 2.22. The Kier molecular flexibility index (Phi) is 6.20. The third-order valence-corrected chi connectivity index (χ3v) is 5.04. The molecule has 3 rings (SSSR count). The minimum Gasteiger partial charge on any atom is -0.375 e. The summed E-state index contributed by atoms with van der Waals surface area (Å²) in [4.78, 5) is 37.8. The smallest absolute Gasteiger partial charge is 0.313 e. The zero-order valence-corrected chi connectivity index (χ0v) is 15.8. The standard InChI is InChI=1S/C19H21N3O4S/c1-26-16(13-7-9-27-12-13)11-20-18(24)19(25)21-14-4-2-5-15(10-14)22-8-3-6-17(22)23/h2,4-5,7,9-10,12,16H,3,6,8,11H2,1H3,(H,20,24)(H,21,25)/t16-/m1/s1. The van der Waals surface area contributed by atoms with Gasteiger partial charge in [0.15, 0.2) is 0 Å². The molecule has 2 aromatic rings. The molecular weight excluding hydrogens is 366 g/mol. The summed E-state index contributed by atoms with van der Waals surface area (Å²) in [6, 6.07) is 8.83. The van der Waals surface area contributed by atoms with Gasteiger partial charge >= 0.3 is 11.8 Å². The van der Waals surface area contributed by atoms with Gasteiger partial charge < -0.3 is 20.3 Å². The van der Waals surface area contributed by atoms with E-state index in [0.29, 0.717) is 24.3 Å². The SMILES string of the molecule is CO[C@H](CNC(=O)C(=O)Nc1cccc(N2CCCC2=O)c1)c1ccsc1. The maximum Gasteiger partial charge on any atom is 0.313 e. The van der Waals surface area contributed by atoms with E-state index in [2.05, 4.69) is 10.6 Å². The molecule has 3 amide bonds. The number of anilines is 2. The van der Waals surface area contributed by atoms with Crippen molar-refractivity contribution in [3.8, 4) is 0 Å². The van der Waals surface area contributed by atoms with E-state index in [9.17, 15) is 14.4 Å². The number of hydrogen-bond acceptors (Lipinski definition) is 5. The minimum atomic E-state index is -0.764. The Balaban J connectivity index is 1.56. The fraction of sp³-hybridized carbons (Fsp3) is 0.316. The Hall–Kier alpha value is -2.71. The normalized spacial score (nSPS) is 14.9. The molecule has 1 aromatic carbocycles. The van der Waals surface area contributed by atoms with Crippen molar-refractivity contribution < 1.29 is 19.1 Å². The molecule has 2 N–H and O–H groups in total. The Morgan fingerprint density at radius 1 is 1.30 bits per heavy atom. The molecule has 1 aliphatic heterocycles. The summed E-state index contributed by atoms with van der Waals surface area (Å²) in [7, 11) is 1.56. The van der Waals surface area contributed by atoms with Gasteiger partial charge in [-0.05, 0) is 47.0 Å². The van der Waals surface area contributed by atoms with E-state index in [1.54, 1.807) is 30.2 Å². The van der Waals surface area contributed by atoms with Crippen LogP contribution >= 0.6 is 11.3 Å². The molecule has 27 heavy (non-hydrogen) atoms. The van der Waals surface area contributed by atoms with Gasteiger partial charge in [-0.25, -0.2) is 0 Å². The number of nitrogens with zero attached hydrogens (tertiary/aromatic N) is 1. The van der Waals surface area contributed by atoms with E-state index in [1.165, 1.54) is 11.3 Å². The molecule has 0 bridgehead atoms. The number of nitrogens with one attached hydrogen (secondary N) is 2. The number of methoxy groups -OCH3 is 1. The molecule has 0 aliphatic carbocycles. The lowest BCUT2D eigenvalue weighted by Gasteiger charge is -2.17. The van der Waals surface area contributed by atoms with Crippen LogP contribution in [0.3, 0.4) is 0 Å². The second-order valence-electron chi connectivity index (χ2n) is 6.14. The first kappa shape index (κ1) is 19.1. The predicted octanol–water partition coefficient (Wildman–Crippen LogP) is 2.32. The first-order valence-corrected chi connectivity index (χ1v) is 9.57. The number of hydrogen-bond donors (Lipinski definition) is 2. The number of benzene rings is 1. The highest BCUT2D eigenvalue weighted by molar-refractivity contribution is 7.07.